The number of guanidine groups is 1. The number of hydrogen-bond donors (Lipinski definition) is 3. The van der Waals surface area contributed by atoms with Gasteiger partial charge in [0.1, 0.15) is 0 Å². The smallest absolute Gasteiger partial charge is 0.191 e. The van der Waals surface area contributed by atoms with Crippen molar-refractivity contribution in [3.05, 3.63) is 34.9 Å². The predicted molar refractivity (Wildman–Crippen MR) is 105 cm³/mol. The maximum atomic E-state index is 9.55. The zero-order valence-corrected chi connectivity index (χ0v) is 16.1. The second-order valence-corrected chi connectivity index (χ2v) is 7.04. The molecule has 3 N–H and O–H groups in total. The fourth-order valence-corrected chi connectivity index (χ4v) is 3.11. The summed E-state index contributed by atoms with van der Waals surface area (Å²) in [5.74, 6) is 0.846. The summed E-state index contributed by atoms with van der Waals surface area (Å²) in [7, 11) is 0. The summed E-state index contributed by atoms with van der Waals surface area (Å²) >= 11 is 5.95. The molecule has 0 spiro atoms. The van der Waals surface area contributed by atoms with Gasteiger partial charge in [0.05, 0.1) is 12.1 Å². The lowest BCUT2D eigenvalue weighted by Crippen LogP contribution is -2.39. The van der Waals surface area contributed by atoms with Gasteiger partial charge in [-0.25, -0.2) is 0 Å². The van der Waals surface area contributed by atoms with Crippen LogP contribution in [-0.4, -0.2) is 54.8 Å². The van der Waals surface area contributed by atoms with Crippen LogP contribution in [0, 0.1) is 0 Å². The number of aliphatic hydroxyl groups is 1. The number of benzene rings is 1. The van der Waals surface area contributed by atoms with Crippen molar-refractivity contribution < 1.29 is 5.11 Å². The van der Waals surface area contributed by atoms with Crippen LogP contribution < -0.4 is 10.6 Å². The fraction of sp³-hybridized carbons (Fsp3) is 0.632. The van der Waals surface area contributed by atoms with Crippen molar-refractivity contribution in [2.24, 2.45) is 4.99 Å². The van der Waals surface area contributed by atoms with Crippen molar-refractivity contribution in [1.82, 2.24) is 15.5 Å². The zero-order valence-electron chi connectivity index (χ0n) is 15.3. The molecule has 0 aromatic heterocycles. The summed E-state index contributed by atoms with van der Waals surface area (Å²) in [5.41, 5.74) is 1.18. The molecule has 140 valence electrons. The number of nitrogens with zero attached hydrogens (tertiary/aromatic N) is 2. The SMILES string of the molecule is CCNC(=NCCCN1CCC(O)CC1)NC(C)c1ccc(Cl)cc1. The molecule has 5 nitrogen and oxygen atoms in total. The molecule has 1 fully saturated rings. The van der Waals surface area contributed by atoms with Gasteiger partial charge in [0, 0.05) is 31.2 Å². The number of nitrogens with one attached hydrogen (secondary N) is 2. The number of halogens is 1. The van der Waals surface area contributed by atoms with Gasteiger partial charge in [0.25, 0.3) is 0 Å². The lowest BCUT2D eigenvalue weighted by molar-refractivity contribution is 0.0824. The van der Waals surface area contributed by atoms with E-state index in [-0.39, 0.29) is 12.1 Å². The van der Waals surface area contributed by atoms with Gasteiger partial charge in [-0.3, -0.25) is 4.99 Å². The lowest BCUT2D eigenvalue weighted by atomic mass is 10.1. The largest absolute Gasteiger partial charge is 0.393 e. The summed E-state index contributed by atoms with van der Waals surface area (Å²) < 4.78 is 0. The molecule has 1 heterocycles. The molecule has 0 amide bonds. The average molecular weight is 367 g/mol. The second-order valence-electron chi connectivity index (χ2n) is 6.60. The highest BCUT2D eigenvalue weighted by Gasteiger charge is 2.16. The first-order valence-corrected chi connectivity index (χ1v) is 9.67. The van der Waals surface area contributed by atoms with Crippen LogP contribution in [0.5, 0.6) is 0 Å². The standard InChI is InChI=1S/C19H31ClN4O/c1-3-21-19(23-15(2)16-5-7-17(20)8-6-16)22-11-4-12-24-13-9-18(25)10-14-24/h5-8,15,18,25H,3-4,9-14H2,1-2H3,(H2,21,22,23). The second kappa shape index (κ2) is 10.6. The Morgan fingerprint density at radius 1 is 1.32 bits per heavy atom. The van der Waals surface area contributed by atoms with Crippen molar-refractivity contribution >= 4 is 17.6 Å². The third-order valence-corrected chi connectivity index (χ3v) is 4.78. The predicted octanol–water partition coefficient (Wildman–Crippen LogP) is 2.80. The maximum Gasteiger partial charge on any atom is 0.191 e. The molecule has 25 heavy (non-hydrogen) atoms. The van der Waals surface area contributed by atoms with Gasteiger partial charge in [0.15, 0.2) is 5.96 Å². The van der Waals surface area contributed by atoms with Crippen molar-refractivity contribution in [2.45, 2.75) is 45.3 Å². The van der Waals surface area contributed by atoms with Gasteiger partial charge < -0.3 is 20.6 Å². The van der Waals surface area contributed by atoms with E-state index in [2.05, 4.69) is 34.4 Å². The van der Waals surface area contributed by atoms with Gasteiger partial charge in [-0.1, -0.05) is 23.7 Å². The first-order valence-electron chi connectivity index (χ1n) is 9.29. The van der Waals surface area contributed by atoms with Gasteiger partial charge in [-0.15, -0.1) is 0 Å². The molecule has 1 aliphatic heterocycles. The topological polar surface area (TPSA) is 59.9 Å². The minimum atomic E-state index is -0.104. The Morgan fingerprint density at radius 3 is 2.64 bits per heavy atom. The first-order chi connectivity index (χ1) is 12.1. The van der Waals surface area contributed by atoms with Crippen LogP contribution in [0.4, 0.5) is 0 Å². The van der Waals surface area contributed by atoms with Crippen molar-refractivity contribution in [3.8, 4) is 0 Å². The summed E-state index contributed by atoms with van der Waals surface area (Å²) in [6, 6.07) is 8.06. The van der Waals surface area contributed by atoms with Gasteiger partial charge >= 0.3 is 0 Å². The first kappa shape index (κ1) is 20.0. The quantitative estimate of drug-likeness (QED) is 0.394. The fourth-order valence-electron chi connectivity index (χ4n) is 2.99. The molecule has 0 radical (unpaired) electrons. The van der Waals surface area contributed by atoms with E-state index in [0.717, 1.165) is 63.0 Å². The van der Waals surface area contributed by atoms with Crippen molar-refractivity contribution in [1.29, 1.82) is 0 Å². The van der Waals surface area contributed by atoms with Gasteiger partial charge in [-0.2, -0.15) is 0 Å². The molecular formula is C19H31ClN4O. The van der Waals surface area contributed by atoms with Crippen LogP contribution in [-0.2, 0) is 0 Å². The molecule has 1 aromatic rings. The molecule has 1 atom stereocenters. The highest BCUT2D eigenvalue weighted by Crippen LogP contribution is 2.16. The van der Waals surface area contributed by atoms with E-state index in [4.69, 9.17) is 11.6 Å². The van der Waals surface area contributed by atoms with E-state index in [9.17, 15) is 5.11 Å². The van der Waals surface area contributed by atoms with E-state index in [0.29, 0.717) is 0 Å². The van der Waals surface area contributed by atoms with Crippen molar-refractivity contribution in [2.75, 3.05) is 32.7 Å². The summed E-state index contributed by atoms with van der Waals surface area (Å²) in [5, 5.41) is 17.1. The van der Waals surface area contributed by atoms with E-state index in [1.54, 1.807) is 0 Å². The Morgan fingerprint density at radius 2 is 2.00 bits per heavy atom. The molecular weight excluding hydrogens is 336 g/mol. The number of rotatable bonds is 7. The summed E-state index contributed by atoms with van der Waals surface area (Å²) in [6.45, 7) is 8.86. The highest BCUT2D eigenvalue weighted by molar-refractivity contribution is 6.30. The molecule has 0 aliphatic carbocycles. The number of likely N-dealkylation sites (tertiary alicyclic amines) is 1. The normalized spacial score (nSPS) is 18.2. The molecule has 1 aliphatic rings. The summed E-state index contributed by atoms with van der Waals surface area (Å²) in [6.07, 6.45) is 2.72. The van der Waals surface area contributed by atoms with E-state index in [1.165, 1.54) is 5.56 Å². The molecule has 6 heteroatoms. The van der Waals surface area contributed by atoms with Crippen LogP contribution in [0.1, 0.15) is 44.7 Å². The van der Waals surface area contributed by atoms with E-state index >= 15 is 0 Å². The third kappa shape index (κ3) is 7.22. The summed E-state index contributed by atoms with van der Waals surface area (Å²) in [4.78, 5) is 7.10. The highest BCUT2D eigenvalue weighted by atomic mass is 35.5. The minimum absolute atomic E-state index is 0.104. The van der Waals surface area contributed by atoms with Gasteiger partial charge in [0.2, 0.25) is 0 Å². The Labute approximate surface area is 156 Å². The van der Waals surface area contributed by atoms with Crippen LogP contribution in [0.3, 0.4) is 0 Å². The Bertz CT molecular complexity index is 527. The minimum Gasteiger partial charge on any atom is -0.393 e. The van der Waals surface area contributed by atoms with Crippen molar-refractivity contribution in [3.63, 3.8) is 0 Å². The average Bonchev–Trinajstić information content (AvgIpc) is 2.61. The van der Waals surface area contributed by atoms with Crippen LogP contribution in [0.15, 0.2) is 29.3 Å². The Kier molecular flexibility index (Phi) is 8.52. The lowest BCUT2D eigenvalue weighted by Gasteiger charge is -2.29. The van der Waals surface area contributed by atoms with E-state index in [1.807, 2.05) is 24.3 Å². The van der Waals surface area contributed by atoms with Crippen LogP contribution >= 0.6 is 11.6 Å². The molecule has 1 saturated heterocycles. The van der Waals surface area contributed by atoms with Crippen LogP contribution in [0.25, 0.3) is 0 Å². The van der Waals surface area contributed by atoms with E-state index < -0.39 is 0 Å². The monoisotopic (exact) mass is 366 g/mol. The number of aliphatic imine (C=N–C) groups is 1. The third-order valence-electron chi connectivity index (χ3n) is 4.53. The Hall–Kier alpha value is -1.30. The zero-order chi connectivity index (χ0) is 18.1. The molecule has 0 saturated carbocycles. The number of aliphatic hydroxyl groups excluding tert-OH is 1. The number of hydrogen-bond acceptors (Lipinski definition) is 3. The van der Waals surface area contributed by atoms with Crippen LogP contribution in [0.2, 0.25) is 5.02 Å². The van der Waals surface area contributed by atoms with Gasteiger partial charge in [-0.05, 0) is 57.4 Å². The molecule has 1 unspecified atom stereocenters. The molecule has 0 bridgehead atoms. The molecule has 2 rings (SSSR count). The maximum absolute atomic E-state index is 9.55. The number of piperidine rings is 1. The molecule has 1 aromatic carbocycles. The Balaban J connectivity index is 1.78.